The number of hydrogen-bond acceptors (Lipinski definition) is 6. The van der Waals surface area contributed by atoms with Gasteiger partial charge in [0.05, 0.1) is 10.9 Å². The zero-order valence-corrected chi connectivity index (χ0v) is 17.3. The lowest BCUT2D eigenvalue weighted by Gasteiger charge is -2.37. The van der Waals surface area contributed by atoms with E-state index in [0.717, 1.165) is 6.42 Å². The van der Waals surface area contributed by atoms with Gasteiger partial charge in [-0.3, -0.25) is 14.2 Å². The SMILES string of the molecule is CCCn1c(N2CCN(C(=O)C(C)C)CC2)nc2cc3c(cc2c1=O)OCCO3. The summed E-state index contributed by atoms with van der Waals surface area (Å²) in [5.74, 6) is 2.05. The molecule has 1 amide bonds. The van der Waals surface area contributed by atoms with Crippen LogP contribution < -0.4 is 19.9 Å². The number of anilines is 1. The van der Waals surface area contributed by atoms with Crippen LogP contribution in [-0.4, -0.2) is 59.8 Å². The van der Waals surface area contributed by atoms with Crippen LogP contribution in [0.15, 0.2) is 16.9 Å². The van der Waals surface area contributed by atoms with Gasteiger partial charge in [-0.15, -0.1) is 0 Å². The molecule has 0 unspecified atom stereocenters. The fourth-order valence-corrected chi connectivity index (χ4v) is 3.90. The Morgan fingerprint density at radius 2 is 1.76 bits per heavy atom. The Labute approximate surface area is 170 Å². The van der Waals surface area contributed by atoms with Crippen LogP contribution in [0.3, 0.4) is 0 Å². The minimum Gasteiger partial charge on any atom is -0.486 e. The number of nitrogens with zero attached hydrogens (tertiary/aromatic N) is 4. The molecule has 2 aliphatic rings. The van der Waals surface area contributed by atoms with Crippen LogP contribution in [0.1, 0.15) is 27.2 Å². The molecule has 0 radical (unpaired) electrons. The van der Waals surface area contributed by atoms with Crippen LogP contribution in [0.2, 0.25) is 0 Å². The first-order valence-electron chi connectivity index (χ1n) is 10.4. The monoisotopic (exact) mass is 400 g/mol. The predicted octanol–water partition coefficient (Wildman–Crippen LogP) is 1.88. The molecule has 1 saturated heterocycles. The van der Waals surface area contributed by atoms with Crippen LogP contribution in [0, 0.1) is 5.92 Å². The van der Waals surface area contributed by atoms with Crippen molar-refractivity contribution in [1.82, 2.24) is 14.5 Å². The molecule has 0 N–H and O–H groups in total. The summed E-state index contributed by atoms with van der Waals surface area (Å²) in [7, 11) is 0. The highest BCUT2D eigenvalue weighted by Crippen LogP contribution is 2.33. The van der Waals surface area contributed by atoms with Crippen molar-refractivity contribution in [2.45, 2.75) is 33.7 Å². The lowest BCUT2D eigenvalue weighted by molar-refractivity contribution is -0.134. The van der Waals surface area contributed by atoms with Crippen molar-refractivity contribution in [3.8, 4) is 11.5 Å². The first-order valence-corrected chi connectivity index (χ1v) is 10.4. The van der Waals surface area contributed by atoms with E-state index in [0.29, 0.717) is 74.3 Å². The second kappa shape index (κ2) is 7.93. The number of piperazine rings is 1. The lowest BCUT2D eigenvalue weighted by atomic mass is 10.1. The molecule has 4 rings (SSSR count). The van der Waals surface area contributed by atoms with E-state index in [1.165, 1.54) is 0 Å². The van der Waals surface area contributed by atoms with Gasteiger partial charge in [0.25, 0.3) is 5.56 Å². The highest BCUT2D eigenvalue weighted by Gasteiger charge is 2.26. The van der Waals surface area contributed by atoms with E-state index in [1.54, 1.807) is 16.7 Å². The van der Waals surface area contributed by atoms with Crippen molar-refractivity contribution in [3.63, 3.8) is 0 Å². The number of rotatable bonds is 4. The van der Waals surface area contributed by atoms with Crippen molar-refractivity contribution >= 4 is 22.8 Å². The molecule has 29 heavy (non-hydrogen) atoms. The third-order valence-electron chi connectivity index (χ3n) is 5.41. The Balaban J connectivity index is 1.71. The lowest BCUT2D eigenvalue weighted by Crippen LogP contribution is -2.51. The molecule has 2 aliphatic heterocycles. The summed E-state index contributed by atoms with van der Waals surface area (Å²) >= 11 is 0. The fraction of sp³-hybridized carbons (Fsp3) is 0.571. The molecule has 0 saturated carbocycles. The Kier molecular flexibility index (Phi) is 5.34. The molecule has 0 aliphatic carbocycles. The van der Waals surface area contributed by atoms with Gasteiger partial charge in [0.15, 0.2) is 11.5 Å². The van der Waals surface area contributed by atoms with Gasteiger partial charge >= 0.3 is 0 Å². The topological polar surface area (TPSA) is 76.9 Å². The number of carbonyl (C=O) groups excluding carboxylic acids is 1. The minimum absolute atomic E-state index is 0.00740. The van der Waals surface area contributed by atoms with Crippen molar-refractivity contribution in [1.29, 1.82) is 0 Å². The van der Waals surface area contributed by atoms with Gasteiger partial charge in [-0.1, -0.05) is 20.8 Å². The third-order valence-corrected chi connectivity index (χ3v) is 5.41. The summed E-state index contributed by atoms with van der Waals surface area (Å²) in [5.41, 5.74) is 0.548. The maximum atomic E-state index is 13.3. The maximum Gasteiger partial charge on any atom is 0.262 e. The van der Waals surface area contributed by atoms with Gasteiger partial charge < -0.3 is 19.3 Å². The van der Waals surface area contributed by atoms with Crippen molar-refractivity contribution in [2.75, 3.05) is 44.3 Å². The number of hydrogen-bond donors (Lipinski definition) is 0. The number of amides is 1. The molecule has 1 aromatic heterocycles. The van der Waals surface area contributed by atoms with Gasteiger partial charge in [-0.25, -0.2) is 4.98 Å². The summed E-state index contributed by atoms with van der Waals surface area (Å²) in [4.78, 5) is 34.4. The van der Waals surface area contributed by atoms with Gasteiger partial charge in [0.1, 0.15) is 13.2 Å². The minimum atomic E-state index is -0.0653. The molecule has 2 aromatic rings. The van der Waals surface area contributed by atoms with Gasteiger partial charge in [0, 0.05) is 44.7 Å². The zero-order chi connectivity index (χ0) is 20.5. The van der Waals surface area contributed by atoms with Crippen LogP contribution >= 0.6 is 0 Å². The Morgan fingerprint density at radius 3 is 2.38 bits per heavy atom. The summed E-state index contributed by atoms with van der Waals surface area (Å²) in [6.45, 7) is 10.0. The number of benzene rings is 1. The van der Waals surface area contributed by atoms with E-state index in [-0.39, 0.29) is 17.4 Å². The summed E-state index contributed by atoms with van der Waals surface area (Å²) in [6.07, 6.45) is 0.830. The molecule has 1 aromatic carbocycles. The van der Waals surface area contributed by atoms with Crippen LogP contribution in [0.5, 0.6) is 11.5 Å². The summed E-state index contributed by atoms with van der Waals surface area (Å²) in [6, 6.07) is 3.54. The van der Waals surface area contributed by atoms with Crippen LogP contribution in [-0.2, 0) is 11.3 Å². The van der Waals surface area contributed by atoms with Gasteiger partial charge in [-0.2, -0.15) is 0 Å². The van der Waals surface area contributed by atoms with E-state index in [4.69, 9.17) is 14.5 Å². The Morgan fingerprint density at radius 1 is 1.10 bits per heavy atom. The highest BCUT2D eigenvalue weighted by atomic mass is 16.6. The van der Waals surface area contributed by atoms with Crippen molar-refractivity contribution < 1.29 is 14.3 Å². The summed E-state index contributed by atoms with van der Waals surface area (Å²) < 4.78 is 13.1. The number of fused-ring (bicyclic) bond motifs is 2. The highest BCUT2D eigenvalue weighted by molar-refractivity contribution is 5.83. The van der Waals surface area contributed by atoms with E-state index in [2.05, 4.69) is 4.90 Å². The molecule has 156 valence electrons. The van der Waals surface area contributed by atoms with E-state index >= 15 is 0 Å². The second-order valence-electron chi connectivity index (χ2n) is 7.85. The van der Waals surface area contributed by atoms with E-state index < -0.39 is 0 Å². The molecular formula is C21H28N4O4. The van der Waals surface area contributed by atoms with Crippen molar-refractivity contribution in [2.24, 2.45) is 5.92 Å². The second-order valence-corrected chi connectivity index (χ2v) is 7.85. The number of carbonyl (C=O) groups is 1. The molecule has 1 fully saturated rings. The quantitative estimate of drug-likeness (QED) is 0.780. The molecule has 3 heterocycles. The van der Waals surface area contributed by atoms with Gasteiger partial charge in [0.2, 0.25) is 11.9 Å². The van der Waals surface area contributed by atoms with Gasteiger partial charge in [-0.05, 0) is 12.5 Å². The Hall–Kier alpha value is -2.77. The standard InChI is InChI=1S/C21H28N4O4/c1-4-5-25-20(27)15-12-17-18(29-11-10-28-17)13-16(15)22-21(25)24-8-6-23(7-9-24)19(26)14(2)3/h12-14H,4-11H2,1-3H3. The Bertz CT molecular complexity index is 977. The average molecular weight is 400 g/mol. The average Bonchev–Trinajstić information content (AvgIpc) is 2.74. The molecular weight excluding hydrogens is 372 g/mol. The molecule has 0 atom stereocenters. The largest absolute Gasteiger partial charge is 0.486 e. The van der Waals surface area contributed by atoms with Crippen LogP contribution in [0.4, 0.5) is 5.95 Å². The van der Waals surface area contributed by atoms with E-state index in [1.807, 2.05) is 25.7 Å². The maximum absolute atomic E-state index is 13.3. The predicted molar refractivity (Wildman–Crippen MR) is 111 cm³/mol. The third kappa shape index (κ3) is 3.63. The normalized spacial score (nSPS) is 16.6. The molecule has 8 nitrogen and oxygen atoms in total. The van der Waals surface area contributed by atoms with E-state index in [9.17, 15) is 9.59 Å². The first kappa shape index (κ1) is 19.5. The smallest absolute Gasteiger partial charge is 0.262 e. The molecule has 0 bridgehead atoms. The molecule has 8 heteroatoms. The van der Waals surface area contributed by atoms with Crippen molar-refractivity contribution in [3.05, 3.63) is 22.5 Å². The fourth-order valence-electron chi connectivity index (χ4n) is 3.90. The number of ether oxygens (including phenoxy) is 2. The first-order chi connectivity index (χ1) is 14.0. The zero-order valence-electron chi connectivity index (χ0n) is 17.3. The molecule has 0 spiro atoms. The summed E-state index contributed by atoms with van der Waals surface area (Å²) in [5, 5.41) is 0.542. The number of aromatic nitrogens is 2. The van der Waals surface area contributed by atoms with Crippen LogP contribution in [0.25, 0.3) is 10.9 Å².